The first-order valence-corrected chi connectivity index (χ1v) is 6.05. The predicted molar refractivity (Wildman–Crippen MR) is 72.3 cm³/mol. The molecule has 0 radical (unpaired) electrons. The standard InChI is InChI=1S/C13H17ClN2O/c1-4-9-6-10(14)13(8(3)15)11(7-9)16-12(17)5-2/h6-7,15H,4-5H2,1-3H3,(H,16,17). The maximum atomic E-state index is 11.4. The molecule has 1 aromatic rings. The molecule has 3 nitrogen and oxygen atoms in total. The Morgan fingerprint density at radius 1 is 1.41 bits per heavy atom. The van der Waals surface area contributed by atoms with Gasteiger partial charge in [0.05, 0.1) is 10.7 Å². The lowest BCUT2D eigenvalue weighted by molar-refractivity contribution is -0.115. The summed E-state index contributed by atoms with van der Waals surface area (Å²) in [6, 6.07) is 3.73. The summed E-state index contributed by atoms with van der Waals surface area (Å²) in [6.07, 6.45) is 1.25. The third-order valence-electron chi connectivity index (χ3n) is 2.53. The zero-order chi connectivity index (χ0) is 13.0. The molecule has 92 valence electrons. The number of amides is 1. The highest BCUT2D eigenvalue weighted by Gasteiger charge is 2.12. The van der Waals surface area contributed by atoms with E-state index in [-0.39, 0.29) is 5.91 Å². The molecule has 0 aliphatic heterocycles. The Morgan fingerprint density at radius 3 is 2.53 bits per heavy atom. The van der Waals surface area contributed by atoms with E-state index in [0.717, 1.165) is 12.0 Å². The van der Waals surface area contributed by atoms with Gasteiger partial charge in [0.1, 0.15) is 0 Å². The van der Waals surface area contributed by atoms with Crippen LogP contribution in [0.25, 0.3) is 0 Å². The summed E-state index contributed by atoms with van der Waals surface area (Å²) in [4.78, 5) is 11.4. The van der Waals surface area contributed by atoms with Crippen LogP contribution in [0.15, 0.2) is 12.1 Å². The Hall–Kier alpha value is -1.35. The van der Waals surface area contributed by atoms with Crippen LogP contribution >= 0.6 is 11.6 Å². The van der Waals surface area contributed by atoms with E-state index in [4.69, 9.17) is 17.0 Å². The van der Waals surface area contributed by atoms with Gasteiger partial charge < -0.3 is 10.7 Å². The summed E-state index contributed by atoms with van der Waals surface area (Å²) < 4.78 is 0. The number of nitrogens with one attached hydrogen (secondary N) is 2. The molecule has 0 bridgehead atoms. The van der Waals surface area contributed by atoms with Gasteiger partial charge in [0.15, 0.2) is 0 Å². The van der Waals surface area contributed by atoms with Gasteiger partial charge in [-0.2, -0.15) is 0 Å². The van der Waals surface area contributed by atoms with Crippen LogP contribution in [-0.2, 0) is 11.2 Å². The fourth-order valence-electron chi connectivity index (χ4n) is 1.59. The second-order valence-electron chi connectivity index (χ2n) is 3.88. The van der Waals surface area contributed by atoms with Crippen molar-refractivity contribution in [3.63, 3.8) is 0 Å². The fraction of sp³-hybridized carbons (Fsp3) is 0.385. The van der Waals surface area contributed by atoms with E-state index >= 15 is 0 Å². The molecule has 0 fully saturated rings. The lowest BCUT2D eigenvalue weighted by Gasteiger charge is -2.13. The molecule has 0 unspecified atom stereocenters. The molecule has 0 saturated carbocycles. The van der Waals surface area contributed by atoms with Crippen LogP contribution in [0.4, 0.5) is 5.69 Å². The normalized spacial score (nSPS) is 10.1. The Balaban J connectivity index is 3.27. The highest BCUT2D eigenvalue weighted by molar-refractivity contribution is 6.35. The van der Waals surface area contributed by atoms with E-state index in [1.54, 1.807) is 13.8 Å². The molecule has 1 rings (SSSR count). The first-order chi connectivity index (χ1) is 7.99. The van der Waals surface area contributed by atoms with Crippen molar-refractivity contribution >= 4 is 28.9 Å². The first-order valence-electron chi connectivity index (χ1n) is 5.67. The number of anilines is 1. The second-order valence-corrected chi connectivity index (χ2v) is 4.29. The summed E-state index contributed by atoms with van der Waals surface area (Å²) in [5.74, 6) is -0.0724. The van der Waals surface area contributed by atoms with E-state index < -0.39 is 0 Å². The molecule has 0 saturated heterocycles. The van der Waals surface area contributed by atoms with Gasteiger partial charge in [0, 0.05) is 17.7 Å². The molecule has 0 aliphatic carbocycles. The van der Waals surface area contributed by atoms with Crippen LogP contribution in [0, 0.1) is 5.41 Å². The van der Waals surface area contributed by atoms with Crippen molar-refractivity contribution in [1.82, 2.24) is 0 Å². The number of rotatable bonds is 4. The van der Waals surface area contributed by atoms with Gasteiger partial charge in [-0.25, -0.2) is 0 Å². The summed E-state index contributed by atoms with van der Waals surface area (Å²) in [5, 5.41) is 11.0. The zero-order valence-corrected chi connectivity index (χ0v) is 11.1. The summed E-state index contributed by atoms with van der Waals surface area (Å²) in [7, 11) is 0. The molecule has 0 aliphatic rings. The number of benzene rings is 1. The second kappa shape index (κ2) is 5.82. The highest BCUT2D eigenvalue weighted by atomic mass is 35.5. The molecule has 1 amide bonds. The van der Waals surface area contributed by atoms with Crippen molar-refractivity contribution in [3.05, 3.63) is 28.3 Å². The van der Waals surface area contributed by atoms with Crippen molar-refractivity contribution in [2.24, 2.45) is 0 Å². The monoisotopic (exact) mass is 252 g/mol. The van der Waals surface area contributed by atoms with Crippen LogP contribution in [-0.4, -0.2) is 11.6 Å². The van der Waals surface area contributed by atoms with Gasteiger partial charge >= 0.3 is 0 Å². The van der Waals surface area contributed by atoms with E-state index in [2.05, 4.69) is 5.32 Å². The maximum Gasteiger partial charge on any atom is 0.224 e. The van der Waals surface area contributed by atoms with E-state index in [9.17, 15) is 4.79 Å². The molecular weight excluding hydrogens is 236 g/mol. The average molecular weight is 253 g/mol. The molecular formula is C13H17ClN2O. The average Bonchev–Trinajstić information content (AvgIpc) is 2.27. The van der Waals surface area contributed by atoms with Gasteiger partial charge in [0.2, 0.25) is 5.91 Å². The first kappa shape index (κ1) is 13.7. The third-order valence-corrected chi connectivity index (χ3v) is 2.83. The highest BCUT2D eigenvalue weighted by Crippen LogP contribution is 2.27. The van der Waals surface area contributed by atoms with E-state index in [1.807, 2.05) is 19.1 Å². The van der Waals surface area contributed by atoms with Crippen LogP contribution < -0.4 is 5.32 Å². The summed E-state index contributed by atoms with van der Waals surface area (Å²) >= 11 is 6.14. The summed E-state index contributed by atoms with van der Waals surface area (Å²) in [5.41, 5.74) is 2.63. The number of hydrogen-bond acceptors (Lipinski definition) is 2. The largest absolute Gasteiger partial charge is 0.325 e. The number of aryl methyl sites for hydroxylation is 1. The number of halogens is 1. The Labute approximate surface area is 107 Å². The van der Waals surface area contributed by atoms with E-state index in [0.29, 0.717) is 28.4 Å². The predicted octanol–water partition coefficient (Wildman–Crippen LogP) is 3.64. The quantitative estimate of drug-likeness (QED) is 0.790. The minimum absolute atomic E-state index is 0.0724. The maximum absolute atomic E-state index is 11.4. The molecule has 0 heterocycles. The fourth-order valence-corrected chi connectivity index (χ4v) is 1.97. The lowest BCUT2D eigenvalue weighted by atomic mass is 10.0. The molecule has 0 aromatic heterocycles. The Kier molecular flexibility index (Phi) is 4.70. The van der Waals surface area contributed by atoms with Gasteiger partial charge in [-0.05, 0) is 31.0 Å². The number of carbonyl (C=O) groups excluding carboxylic acids is 1. The number of hydrogen-bond donors (Lipinski definition) is 2. The molecule has 17 heavy (non-hydrogen) atoms. The van der Waals surface area contributed by atoms with Gasteiger partial charge in [-0.15, -0.1) is 0 Å². The van der Waals surface area contributed by atoms with Crippen LogP contribution in [0.5, 0.6) is 0 Å². The number of carbonyl (C=O) groups is 1. The van der Waals surface area contributed by atoms with Crippen molar-refractivity contribution in [2.45, 2.75) is 33.6 Å². The SMILES string of the molecule is CCC(=O)Nc1cc(CC)cc(Cl)c1C(C)=N. The smallest absolute Gasteiger partial charge is 0.224 e. The Bertz CT molecular complexity index is 455. The van der Waals surface area contributed by atoms with Gasteiger partial charge in [0.25, 0.3) is 0 Å². The zero-order valence-electron chi connectivity index (χ0n) is 10.4. The van der Waals surface area contributed by atoms with Gasteiger partial charge in [-0.1, -0.05) is 25.4 Å². The minimum Gasteiger partial charge on any atom is -0.325 e. The van der Waals surface area contributed by atoms with Crippen molar-refractivity contribution in [2.75, 3.05) is 5.32 Å². The van der Waals surface area contributed by atoms with Crippen LogP contribution in [0.1, 0.15) is 38.3 Å². The van der Waals surface area contributed by atoms with Crippen LogP contribution in [0.2, 0.25) is 5.02 Å². The van der Waals surface area contributed by atoms with Crippen molar-refractivity contribution < 1.29 is 4.79 Å². The molecule has 0 atom stereocenters. The molecule has 1 aromatic carbocycles. The third kappa shape index (κ3) is 3.30. The van der Waals surface area contributed by atoms with Crippen molar-refractivity contribution in [1.29, 1.82) is 5.41 Å². The Morgan fingerprint density at radius 2 is 2.06 bits per heavy atom. The molecule has 2 N–H and O–H groups in total. The molecule has 4 heteroatoms. The lowest BCUT2D eigenvalue weighted by Crippen LogP contribution is -2.13. The van der Waals surface area contributed by atoms with Gasteiger partial charge in [-0.3, -0.25) is 4.79 Å². The van der Waals surface area contributed by atoms with E-state index in [1.165, 1.54) is 0 Å². The topological polar surface area (TPSA) is 53.0 Å². The molecule has 0 spiro atoms. The van der Waals surface area contributed by atoms with Crippen LogP contribution in [0.3, 0.4) is 0 Å². The van der Waals surface area contributed by atoms with Crippen molar-refractivity contribution in [3.8, 4) is 0 Å². The summed E-state index contributed by atoms with van der Waals surface area (Å²) in [6.45, 7) is 5.47. The minimum atomic E-state index is -0.0724.